The number of fused-ring (bicyclic) bond motifs is 1. The van der Waals surface area contributed by atoms with Crippen molar-refractivity contribution in [3.05, 3.63) is 63.7 Å². The minimum absolute atomic E-state index is 0.463. The fourth-order valence-electron chi connectivity index (χ4n) is 2.62. The first-order chi connectivity index (χ1) is 9.76. The summed E-state index contributed by atoms with van der Waals surface area (Å²) in [5, 5.41) is 0.615. The molecular formula is C17H16Cl2O. The smallest absolute Gasteiger partial charge is 0.138 e. The van der Waals surface area contributed by atoms with Crippen molar-refractivity contribution in [3.8, 4) is 5.75 Å². The van der Waals surface area contributed by atoms with Crippen molar-refractivity contribution in [3.63, 3.8) is 0 Å². The maximum Gasteiger partial charge on any atom is 0.138 e. The van der Waals surface area contributed by atoms with Crippen LogP contribution < -0.4 is 4.74 Å². The van der Waals surface area contributed by atoms with Crippen LogP contribution in [0.2, 0.25) is 5.02 Å². The highest BCUT2D eigenvalue weighted by atomic mass is 35.5. The van der Waals surface area contributed by atoms with E-state index in [2.05, 4.69) is 18.2 Å². The zero-order chi connectivity index (χ0) is 13.9. The molecule has 0 aliphatic heterocycles. The molecule has 20 heavy (non-hydrogen) atoms. The third-order valence-corrected chi connectivity index (χ3v) is 4.31. The van der Waals surface area contributed by atoms with E-state index in [-0.39, 0.29) is 0 Å². The van der Waals surface area contributed by atoms with E-state index in [0.717, 1.165) is 5.56 Å². The van der Waals surface area contributed by atoms with Gasteiger partial charge in [-0.05, 0) is 53.6 Å². The Morgan fingerprint density at radius 3 is 2.55 bits per heavy atom. The number of alkyl halides is 1. The van der Waals surface area contributed by atoms with E-state index >= 15 is 0 Å². The second kappa shape index (κ2) is 6.07. The highest BCUT2D eigenvalue weighted by molar-refractivity contribution is 6.32. The predicted octanol–water partition coefficient (Wildman–Crippen LogP) is 5.15. The number of ether oxygens (including phenoxy) is 1. The summed E-state index contributed by atoms with van der Waals surface area (Å²) in [4.78, 5) is 0. The summed E-state index contributed by atoms with van der Waals surface area (Å²) in [5.74, 6) is 1.17. The molecule has 0 saturated heterocycles. The zero-order valence-corrected chi connectivity index (χ0v) is 12.7. The normalized spacial score (nSPS) is 13.3. The zero-order valence-electron chi connectivity index (χ0n) is 11.2. The number of halogens is 2. The largest absolute Gasteiger partial charge is 0.487 e. The van der Waals surface area contributed by atoms with E-state index in [9.17, 15) is 0 Å². The van der Waals surface area contributed by atoms with Crippen molar-refractivity contribution in [1.82, 2.24) is 0 Å². The Hall–Kier alpha value is -1.18. The van der Waals surface area contributed by atoms with Crippen LogP contribution >= 0.6 is 23.2 Å². The molecule has 0 saturated carbocycles. The van der Waals surface area contributed by atoms with Crippen molar-refractivity contribution in [2.45, 2.75) is 31.7 Å². The summed E-state index contributed by atoms with van der Waals surface area (Å²) in [6.07, 6.45) is 3.67. The van der Waals surface area contributed by atoms with Crippen LogP contribution in [0.15, 0.2) is 36.4 Å². The quantitative estimate of drug-likeness (QED) is 0.710. The minimum Gasteiger partial charge on any atom is -0.487 e. The highest BCUT2D eigenvalue weighted by Gasteiger charge is 2.11. The SMILES string of the molecule is ClCc1ccc(OCc2ccc3c(c2)CCC3)c(Cl)c1. The molecule has 0 amide bonds. The molecule has 0 heterocycles. The molecule has 0 fully saturated rings. The molecule has 0 bridgehead atoms. The van der Waals surface area contributed by atoms with Gasteiger partial charge in [-0.3, -0.25) is 0 Å². The molecule has 2 aromatic rings. The molecule has 0 radical (unpaired) electrons. The van der Waals surface area contributed by atoms with Gasteiger partial charge in [0.05, 0.1) is 5.02 Å². The number of aryl methyl sites for hydroxylation is 2. The lowest BCUT2D eigenvalue weighted by Gasteiger charge is -2.10. The molecule has 2 aromatic carbocycles. The van der Waals surface area contributed by atoms with Crippen LogP contribution in [0.25, 0.3) is 0 Å². The lowest BCUT2D eigenvalue weighted by atomic mass is 10.1. The van der Waals surface area contributed by atoms with Gasteiger partial charge in [0, 0.05) is 5.88 Å². The van der Waals surface area contributed by atoms with Crippen LogP contribution in [0.4, 0.5) is 0 Å². The molecule has 0 N–H and O–H groups in total. The number of hydrogen-bond acceptors (Lipinski definition) is 1. The van der Waals surface area contributed by atoms with Gasteiger partial charge in [0.15, 0.2) is 0 Å². The van der Waals surface area contributed by atoms with E-state index in [4.69, 9.17) is 27.9 Å². The van der Waals surface area contributed by atoms with Crippen molar-refractivity contribution < 1.29 is 4.74 Å². The summed E-state index contributed by atoms with van der Waals surface area (Å²) in [5.41, 5.74) is 5.15. The average molecular weight is 307 g/mol. The third-order valence-electron chi connectivity index (χ3n) is 3.71. The van der Waals surface area contributed by atoms with E-state index in [1.54, 1.807) is 0 Å². The van der Waals surface area contributed by atoms with Crippen molar-refractivity contribution in [2.24, 2.45) is 0 Å². The van der Waals surface area contributed by atoms with Crippen LogP contribution in [0.5, 0.6) is 5.75 Å². The molecule has 3 heteroatoms. The van der Waals surface area contributed by atoms with Gasteiger partial charge in [0.2, 0.25) is 0 Å². The Balaban J connectivity index is 1.70. The van der Waals surface area contributed by atoms with Crippen LogP contribution in [0.1, 0.15) is 28.7 Å². The molecule has 104 valence electrons. The Morgan fingerprint density at radius 1 is 0.950 bits per heavy atom. The van der Waals surface area contributed by atoms with Crippen molar-refractivity contribution >= 4 is 23.2 Å². The van der Waals surface area contributed by atoms with Crippen LogP contribution in [0, 0.1) is 0 Å². The van der Waals surface area contributed by atoms with E-state index in [1.165, 1.54) is 36.0 Å². The second-order valence-electron chi connectivity index (χ2n) is 5.14. The first kappa shape index (κ1) is 13.8. The van der Waals surface area contributed by atoms with Gasteiger partial charge in [0.1, 0.15) is 12.4 Å². The highest BCUT2D eigenvalue weighted by Crippen LogP contribution is 2.28. The number of rotatable bonds is 4. The van der Waals surface area contributed by atoms with Crippen LogP contribution in [-0.4, -0.2) is 0 Å². The lowest BCUT2D eigenvalue weighted by molar-refractivity contribution is 0.306. The van der Waals surface area contributed by atoms with Crippen molar-refractivity contribution in [1.29, 1.82) is 0 Å². The predicted molar refractivity (Wildman–Crippen MR) is 83.8 cm³/mol. The van der Waals surface area contributed by atoms with Gasteiger partial charge in [-0.2, -0.15) is 0 Å². The molecular weight excluding hydrogens is 291 g/mol. The maximum atomic E-state index is 6.18. The minimum atomic E-state index is 0.463. The Bertz CT molecular complexity index is 622. The van der Waals surface area contributed by atoms with Crippen molar-refractivity contribution in [2.75, 3.05) is 0 Å². The number of benzene rings is 2. The number of hydrogen-bond donors (Lipinski definition) is 0. The molecule has 3 rings (SSSR count). The molecule has 0 aromatic heterocycles. The summed E-state index contributed by atoms with van der Waals surface area (Å²) in [7, 11) is 0. The second-order valence-corrected chi connectivity index (χ2v) is 5.82. The average Bonchev–Trinajstić information content (AvgIpc) is 2.93. The Kier molecular flexibility index (Phi) is 4.18. The third kappa shape index (κ3) is 2.94. The van der Waals surface area contributed by atoms with E-state index in [0.29, 0.717) is 23.3 Å². The van der Waals surface area contributed by atoms with Gasteiger partial charge in [-0.15, -0.1) is 11.6 Å². The summed E-state index contributed by atoms with van der Waals surface area (Å²) >= 11 is 12.0. The van der Waals surface area contributed by atoms with Gasteiger partial charge in [-0.1, -0.05) is 35.9 Å². The monoisotopic (exact) mass is 306 g/mol. The van der Waals surface area contributed by atoms with Gasteiger partial charge in [-0.25, -0.2) is 0 Å². The molecule has 1 aliphatic carbocycles. The summed E-state index contributed by atoms with van der Waals surface area (Å²) in [6, 6.07) is 12.3. The fraction of sp³-hybridized carbons (Fsp3) is 0.294. The van der Waals surface area contributed by atoms with Gasteiger partial charge >= 0.3 is 0 Å². The molecule has 1 nitrogen and oxygen atoms in total. The molecule has 0 atom stereocenters. The van der Waals surface area contributed by atoms with Crippen LogP contribution in [0.3, 0.4) is 0 Å². The maximum absolute atomic E-state index is 6.18. The molecule has 0 unspecified atom stereocenters. The Labute approximate surface area is 129 Å². The standard InChI is InChI=1S/C17H16Cl2O/c18-10-12-5-7-17(16(19)9-12)20-11-13-4-6-14-2-1-3-15(14)8-13/h4-9H,1-3,10-11H2. The van der Waals surface area contributed by atoms with E-state index in [1.807, 2.05) is 18.2 Å². The summed E-state index contributed by atoms with van der Waals surface area (Å²) < 4.78 is 5.81. The lowest BCUT2D eigenvalue weighted by Crippen LogP contribution is -1.97. The molecule has 1 aliphatic rings. The fourth-order valence-corrected chi connectivity index (χ4v) is 3.04. The summed E-state index contributed by atoms with van der Waals surface area (Å²) in [6.45, 7) is 0.549. The topological polar surface area (TPSA) is 9.23 Å². The van der Waals surface area contributed by atoms with Gasteiger partial charge < -0.3 is 4.74 Å². The first-order valence-electron chi connectivity index (χ1n) is 6.84. The van der Waals surface area contributed by atoms with Crippen LogP contribution in [-0.2, 0) is 25.3 Å². The van der Waals surface area contributed by atoms with E-state index < -0.39 is 0 Å². The van der Waals surface area contributed by atoms with Gasteiger partial charge in [0.25, 0.3) is 0 Å². The molecule has 0 spiro atoms. The Morgan fingerprint density at radius 2 is 1.75 bits per heavy atom. The first-order valence-corrected chi connectivity index (χ1v) is 7.75.